The molecule has 1 aliphatic rings. The first-order valence-electron chi connectivity index (χ1n) is 7.50. The summed E-state index contributed by atoms with van der Waals surface area (Å²) in [4.78, 5) is 15.5. The van der Waals surface area contributed by atoms with Crippen LogP contribution >= 0.6 is 23.4 Å². The zero-order chi connectivity index (χ0) is 15.7. The Labute approximate surface area is 139 Å². The molecule has 5 heteroatoms. The number of halogens is 1. The van der Waals surface area contributed by atoms with Crippen LogP contribution in [0.2, 0.25) is 5.02 Å². The SMILES string of the molecule is CCN(CC)c1c2c(oc(=O)c1Cl)-c1ccccc1SCC2. The number of thioether (sulfide) groups is 1. The summed E-state index contributed by atoms with van der Waals surface area (Å²) in [7, 11) is 0. The maximum atomic E-state index is 12.2. The van der Waals surface area contributed by atoms with Crippen LogP contribution in [0.1, 0.15) is 19.4 Å². The van der Waals surface area contributed by atoms with Crippen molar-refractivity contribution in [3.05, 3.63) is 45.3 Å². The van der Waals surface area contributed by atoms with Crippen molar-refractivity contribution in [3.63, 3.8) is 0 Å². The fourth-order valence-corrected chi connectivity index (χ4v) is 4.19. The minimum Gasteiger partial charge on any atom is -0.421 e. The molecule has 0 spiro atoms. The molecule has 0 bridgehead atoms. The Morgan fingerprint density at radius 3 is 2.73 bits per heavy atom. The molecule has 1 aromatic carbocycles. The molecule has 0 atom stereocenters. The van der Waals surface area contributed by atoms with E-state index in [1.165, 1.54) is 0 Å². The molecule has 2 heterocycles. The van der Waals surface area contributed by atoms with Crippen LogP contribution in [0, 0.1) is 0 Å². The molecule has 0 amide bonds. The second-order valence-corrected chi connectivity index (χ2v) is 6.64. The van der Waals surface area contributed by atoms with E-state index in [1.54, 1.807) is 11.8 Å². The second kappa shape index (κ2) is 6.39. The Balaban J connectivity index is 2.33. The zero-order valence-corrected chi connectivity index (χ0v) is 14.3. The fraction of sp³-hybridized carbons (Fsp3) is 0.353. The number of benzene rings is 1. The lowest BCUT2D eigenvalue weighted by atomic mass is 10.0. The Morgan fingerprint density at radius 2 is 2.00 bits per heavy atom. The summed E-state index contributed by atoms with van der Waals surface area (Å²) < 4.78 is 5.59. The molecule has 1 aliphatic heterocycles. The van der Waals surface area contributed by atoms with Gasteiger partial charge in [-0.3, -0.25) is 0 Å². The van der Waals surface area contributed by atoms with Gasteiger partial charge in [-0.2, -0.15) is 0 Å². The van der Waals surface area contributed by atoms with Crippen LogP contribution in [0.4, 0.5) is 5.69 Å². The maximum absolute atomic E-state index is 12.2. The quantitative estimate of drug-likeness (QED) is 0.829. The van der Waals surface area contributed by atoms with Crippen LogP contribution in [-0.4, -0.2) is 18.8 Å². The molecule has 0 fully saturated rings. The highest BCUT2D eigenvalue weighted by molar-refractivity contribution is 7.99. The Morgan fingerprint density at radius 1 is 1.27 bits per heavy atom. The van der Waals surface area contributed by atoms with Crippen molar-refractivity contribution < 1.29 is 4.42 Å². The van der Waals surface area contributed by atoms with Crippen LogP contribution in [-0.2, 0) is 6.42 Å². The summed E-state index contributed by atoms with van der Waals surface area (Å²) in [6, 6.07) is 8.06. The van der Waals surface area contributed by atoms with Gasteiger partial charge in [-0.05, 0) is 26.3 Å². The number of hydrogen-bond acceptors (Lipinski definition) is 4. The third kappa shape index (κ3) is 2.55. The largest absolute Gasteiger partial charge is 0.421 e. The Bertz CT molecular complexity index is 753. The van der Waals surface area contributed by atoms with Crippen molar-refractivity contribution in [2.75, 3.05) is 23.7 Å². The molecule has 0 N–H and O–H groups in total. The van der Waals surface area contributed by atoms with Crippen molar-refractivity contribution in [2.24, 2.45) is 0 Å². The van der Waals surface area contributed by atoms with Crippen molar-refractivity contribution in [3.8, 4) is 11.3 Å². The van der Waals surface area contributed by atoms with E-state index in [0.29, 0.717) is 5.76 Å². The van der Waals surface area contributed by atoms with Gasteiger partial charge >= 0.3 is 5.63 Å². The van der Waals surface area contributed by atoms with Crippen LogP contribution in [0.5, 0.6) is 0 Å². The van der Waals surface area contributed by atoms with E-state index < -0.39 is 5.63 Å². The number of fused-ring (bicyclic) bond motifs is 3. The molecule has 116 valence electrons. The molecular weight excluding hydrogens is 318 g/mol. The average Bonchev–Trinajstić information content (AvgIpc) is 2.71. The molecule has 0 radical (unpaired) electrons. The molecule has 3 rings (SSSR count). The smallest absolute Gasteiger partial charge is 0.357 e. The van der Waals surface area contributed by atoms with E-state index in [9.17, 15) is 4.79 Å². The van der Waals surface area contributed by atoms with E-state index in [-0.39, 0.29) is 5.02 Å². The van der Waals surface area contributed by atoms with Gasteiger partial charge in [0.15, 0.2) is 0 Å². The van der Waals surface area contributed by atoms with Gasteiger partial charge in [-0.15, -0.1) is 11.8 Å². The van der Waals surface area contributed by atoms with Gasteiger partial charge in [0.25, 0.3) is 0 Å². The number of hydrogen-bond donors (Lipinski definition) is 0. The lowest BCUT2D eigenvalue weighted by Gasteiger charge is -2.25. The normalized spacial score (nSPS) is 13.2. The van der Waals surface area contributed by atoms with Gasteiger partial charge in [0.05, 0.1) is 5.69 Å². The van der Waals surface area contributed by atoms with Crippen LogP contribution < -0.4 is 10.5 Å². The zero-order valence-electron chi connectivity index (χ0n) is 12.7. The van der Waals surface area contributed by atoms with Gasteiger partial charge < -0.3 is 9.32 Å². The molecule has 1 aromatic heterocycles. The van der Waals surface area contributed by atoms with E-state index in [0.717, 1.165) is 47.0 Å². The van der Waals surface area contributed by atoms with Crippen molar-refractivity contribution >= 4 is 29.1 Å². The highest BCUT2D eigenvalue weighted by atomic mass is 35.5. The summed E-state index contributed by atoms with van der Waals surface area (Å²) in [6.45, 7) is 5.75. The molecule has 0 saturated heterocycles. The predicted molar refractivity (Wildman–Crippen MR) is 93.4 cm³/mol. The second-order valence-electron chi connectivity index (χ2n) is 5.13. The summed E-state index contributed by atoms with van der Waals surface area (Å²) in [5, 5.41) is 0.201. The van der Waals surface area contributed by atoms with Crippen LogP contribution in [0.3, 0.4) is 0 Å². The van der Waals surface area contributed by atoms with Gasteiger partial charge in [0.1, 0.15) is 10.8 Å². The van der Waals surface area contributed by atoms with Crippen molar-refractivity contribution in [2.45, 2.75) is 25.2 Å². The summed E-state index contributed by atoms with van der Waals surface area (Å²) in [5.41, 5.74) is 2.42. The Hall–Kier alpha value is -1.39. The first-order valence-corrected chi connectivity index (χ1v) is 8.86. The van der Waals surface area contributed by atoms with Crippen molar-refractivity contribution in [1.29, 1.82) is 0 Å². The Kier molecular flexibility index (Phi) is 4.50. The lowest BCUT2D eigenvalue weighted by Crippen LogP contribution is -2.26. The lowest BCUT2D eigenvalue weighted by molar-refractivity contribution is 0.519. The molecule has 0 saturated carbocycles. The van der Waals surface area contributed by atoms with Crippen LogP contribution in [0.15, 0.2) is 38.4 Å². The monoisotopic (exact) mass is 335 g/mol. The number of nitrogens with zero attached hydrogens (tertiary/aromatic N) is 1. The molecule has 0 aliphatic carbocycles. The summed E-state index contributed by atoms with van der Waals surface area (Å²) in [5.74, 6) is 1.62. The predicted octanol–water partition coefficient (Wildman–Crippen LogP) is 4.45. The standard InChI is InChI=1S/C17H18ClNO2S/c1-3-19(4-2)15-12-9-10-22-13-8-6-5-7-11(13)16(12)21-17(20)14(15)18/h5-8H,3-4,9-10H2,1-2H3. The van der Waals surface area contributed by atoms with E-state index >= 15 is 0 Å². The first kappa shape index (κ1) is 15.5. The highest BCUT2D eigenvalue weighted by Crippen LogP contribution is 2.42. The third-order valence-electron chi connectivity index (χ3n) is 3.96. The van der Waals surface area contributed by atoms with Gasteiger partial charge in [-0.1, -0.05) is 29.8 Å². The molecule has 2 aromatic rings. The first-order chi connectivity index (χ1) is 10.7. The summed E-state index contributed by atoms with van der Waals surface area (Å²) >= 11 is 8.10. The fourth-order valence-electron chi connectivity index (χ4n) is 2.90. The average molecular weight is 336 g/mol. The molecule has 0 unspecified atom stereocenters. The third-order valence-corrected chi connectivity index (χ3v) is 5.37. The van der Waals surface area contributed by atoms with E-state index in [4.69, 9.17) is 16.0 Å². The molecule has 3 nitrogen and oxygen atoms in total. The van der Waals surface area contributed by atoms with E-state index in [1.807, 2.05) is 18.2 Å². The highest BCUT2D eigenvalue weighted by Gasteiger charge is 2.25. The minimum absolute atomic E-state index is 0.201. The van der Waals surface area contributed by atoms with Gasteiger partial charge in [0, 0.05) is 34.9 Å². The van der Waals surface area contributed by atoms with Gasteiger partial charge in [0.2, 0.25) is 0 Å². The minimum atomic E-state index is -0.455. The van der Waals surface area contributed by atoms with Gasteiger partial charge in [-0.25, -0.2) is 4.79 Å². The molecule has 22 heavy (non-hydrogen) atoms. The summed E-state index contributed by atoms with van der Waals surface area (Å²) in [6.07, 6.45) is 0.837. The van der Waals surface area contributed by atoms with Crippen LogP contribution in [0.25, 0.3) is 11.3 Å². The number of anilines is 1. The van der Waals surface area contributed by atoms with Crippen molar-refractivity contribution in [1.82, 2.24) is 0 Å². The van der Waals surface area contributed by atoms with E-state index in [2.05, 4.69) is 24.8 Å². The topological polar surface area (TPSA) is 33.5 Å². The number of rotatable bonds is 3. The molecular formula is C17H18ClNO2S. The maximum Gasteiger partial charge on any atom is 0.357 e.